The molecule has 0 fully saturated rings. The standard InChI is InChI=1S/C12H14N4O3/c1-8-3-4-9(7-10(8)19-2)12-13-14-15-16(12)6-5-11(17)18/h3-4,7H,5-6H2,1-2H3,(H,17,18). The molecule has 0 amide bonds. The number of methoxy groups -OCH3 is 1. The largest absolute Gasteiger partial charge is 0.496 e. The number of nitrogens with zero attached hydrogens (tertiary/aromatic N) is 4. The summed E-state index contributed by atoms with van der Waals surface area (Å²) in [6.07, 6.45) is -0.0267. The van der Waals surface area contributed by atoms with Crippen molar-refractivity contribution < 1.29 is 14.6 Å². The highest BCUT2D eigenvalue weighted by Crippen LogP contribution is 2.25. The Labute approximate surface area is 109 Å². The Morgan fingerprint density at radius 1 is 1.47 bits per heavy atom. The highest BCUT2D eigenvalue weighted by atomic mass is 16.5. The Morgan fingerprint density at radius 2 is 2.26 bits per heavy atom. The van der Waals surface area contributed by atoms with Crippen molar-refractivity contribution in [3.63, 3.8) is 0 Å². The third kappa shape index (κ3) is 2.87. The lowest BCUT2D eigenvalue weighted by Gasteiger charge is -2.07. The van der Waals surface area contributed by atoms with Crippen molar-refractivity contribution >= 4 is 5.97 Å². The second-order valence-electron chi connectivity index (χ2n) is 4.05. The first-order valence-electron chi connectivity index (χ1n) is 5.75. The number of carboxylic acid groups (broad SMARTS) is 1. The van der Waals surface area contributed by atoms with Crippen molar-refractivity contribution in [2.45, 2.75) is 19.9 Å². The van der Waals surface area contributed by atoms with Crippen molar-refractivity contribution in [1.82, 2.24) is 20.2 Å². The van der Waals surface area contributed by atoms with Gasteiger partial charge in [0.1, 0.15) is 5.75 Å². The first kappa shape index (κ1) is 13.0. The van der Waals surface area contributed by atoms with E-state index in [1.165, 1.54) is 4.68 Å². The quantitative estimate of drug-likeness (QED) is 0.868. The average molecular weight is 262 g/mol. The molecule has 2 aromatic rings. The molecule has 0 unspecified atom stereocenters. The van der Waals surface area contributed by atoms with Gasteiger partial charge >= 0.3 is 5.97 Å². The van der Waals surface area contributed by atoms with Crippen molar-refractivity contribution in [1.29, 1.82) is 0 Å². The summed E-state index contributed by atoms with van der Waals surface area (Å²) in [5, 5.41) is 20.0. The van der Waals surface area contributed by atoms with Crippen LogP contribution in [0.3, 0.4) is 0 Å². The molecule has 100 valence electrons. The third-order valence-corrected chi connectivity index (χ3v) is 2.74. The summed E-state index contributed by atoms with van der Waals surface area (Å²) in [7, 11) is 1.60. The molecule has 0 aliphatic carbocycles. The van der Waals surface area contributed by atoms with E-state index >= 15 is 0 Å². The number of hydrogen-bond acceptors (Lipinski definition) is 5. The van der Waals surface area contributed by atoms with E-state index in [2.05, 4.69) is 15.5 Å². The van der Waals surface area contributed by atoms with Gasteiger partial charge in [-0.3, -0.25) is 4.79 Å². The van der Waals surface area contributed by atoms with Gasteiger partial charge in [0.2, 0.25) is 0 Å². The van der Waals surface area contributed by atoms with Crippen molar-refractivity contribution in [2.75, 3.05) is 7.11 Å². The summed E-state index contributed by atoms with van der Waals surface area (Å²) in [4.78, 5) is 10.6. The second kappa shape index (κ2) is 5.47. The van der Waals surface area contributed by atoms with Gasteiger partial charge in [0, 0.05) is 5.56 Å². The molecule has 0 aliphatic heterocycles. The van der Waals surface area contributed by atoms with Gasteiger partial charge in [0.15, 0.2) is 5.82 Å². The number of aromatic nitrogens is 4. The molecule has 7 heteroatoms. The lowest BCUT2D eigenvalue weighted by molar-refractivity contribution is -0.137. The first-order valence-corrected chi connectivity index (χ1v) is 5.75. The molecule has 0 saturated heterocycles. The number of carbonyl (C=O) groups is 1. The number of hydrogen-bond donors (Lipinski definition) is 1. The van der Waals surface area contributed by atoms with Gasteiger partial charge in [0.05, 0.1) is 20.1 Å². The lowest BCUT2D eigenvalue weighted by Crippen LogP contribution is -2.07. The minimum Gasteiger partial charge on any atom is -0.496 e. The van der Waals surface area contributed by atoms with Crippen LogP contribution in [0.15, 0.2) is 18.2 Å². The van der Waals surface area contributed by atoms with E-state index in [1.807, 2.05) is 25.1 Å². The van der Waals surface area contributed by atoms with Crippen molar-refractivity contribution in [3.8, 4) is 17.1 Å². The van der Waals surface area contributed by atoms with E-state index in [0.717, 1.165) is 16.9 Å². The average Bonchev–Trinajstić information content (AvgIpc) is 2.85. The molecule has 7 nitrogen and oxygen atoms in total. The molecule has 19 heavy (non-hydrogen) atoms. The highest BCUT2D eigenvalue weighted by molar-refractivity contribution is 5.66. The summed E-state index contributed by atoms with van der Waals surface area (Å²) in [6.45, 7) is 2.17. The summed E-state index contributed by atoms with van der Waals surface area (Å²) >= 11 is 0. The normalized spacial score (nSPS) is 10.4. The highest BCUT2D eigenvalue weighted by Gasteiger charge is 2.11. The molecule has 0 radical (unpaired) electrons. The number of aryl methyl sites for hydroxylation is 2. The van der Waals surface area contributed by atoms with E-state index in [4.69, 9.17) is 9.84 Å². The fourth-order valence-electron chi connectivity index (χ4n) is 1.72. The predicted octanol–water partition coefficient (Wildman–Crippen LogP) is 1.13. The Bertz CT molecular complexity index is 594. The van der Waals surface area contributed by atoms with E-state index in [9.17, 15) is 4.79 Å². The molecule has 1 heterocycles. The van der Waals surface area contributed by atoms with E-state index in [1.54, 1.807) is 7.11 Å². The Kier molecular flexibility index (Phi) is 3.74. The molecular formula is C12H14N4O3. The van der Waals surface area contributed by atoms with Crippen LogP contribution in [0.25, 0.3) is 11.4 Å². The fourth-order valence-corrected chi connectivity index (χ4v) is 1.72. The SMILES string of the molecule is COc1cc(-c2nnnn2CCC(=O)O)ccc1C. The van der Waals surface area contributed by atoms with Crippen LogP contribution in [0, 0.1) is 6.92 Å². The van der Waals surface area contributed by atoms with Gasteiger partial charge in [0.25, 0.3) is 0 Å². The van der Waals surface area contributed by atoms with E-state index in [-0.39, 0.29) is 13.0 Å². The zero-order valence-electron chi connectivity index (χ0n) is 10.7. The molecule has 0 atom stereocenters. The number of ether oxygens (including phenoxy) is 1. The molecular weight excluding hydrogens is 248 g/mol. The zero-order chi connectivity index (χ0) is 13.8. The van der Waals surface area contributed by atoms with Crippen LogP contribution in [0.2, 0.25) is 0 Å². The molecule has 0 aliphatic rings. The van der Waals surface area contributed by atoms with Crippen molar-refractivity contribution in [2.24, 2.45) is 0 Å². The number of benzene rings is 1. The Morgan fingerprint density at radius 3 is 2.95 bits per heavy atom. The van der Waals surface area contributed by atoms with Gasteiger partial charge in [-0.05, 0) is 29.0 Å². The van der Waals surface area contributed by atoms with Gasteiger partial charge < -0.3 is 9.84 Å². The topological polar surface area (TPSA) is 90.1 Å². The zero-order valence-corrected chi connectivity index (χ0v) is 10.7. The summed E-state index contributed by atoms with van der Waals surface area (Å²) in [5.41, 5.74) is 1.80. The van der Waals surface area contributed by atoms with Crippen molar-refractivity contribution in [3.05, 3.63) is 23.8 Å². The van der Waals surface area contributed by atoms with E-state index < -0.39 is 5.97 Å². The first-order chi connectivity index (χ1) is 9.11. The predicted molar refractivity (Wildman–Crippen MR) is 66.8 cm³/mol. The van der Waals surface area contributed by atoms with Gasteiger partial charge in [-0.2, -0.15) is 0 Å². The maximum Gasteiger partial charge on any atom is 0.305 e. The Balaban J connectivity index is 2.31. The van der Waals surface area contributed by atoms with Gasteiger partial charge in [-0.25, -0.2) is 4.68 Å². The minimum absolute atomic E-state index is 0.0267. The van der Waals surface area contributed by atoms with Crippen LogP contribution in [-0.4, -0.2) is 38.4 Å². The fraction of sp³-hybridized carbons (Fsp3) is 0.333. The Hall–Kier alpha value is -2.44. The summed E-state index contributed by atoms with van der Waals surface area (Å²) in [6, 6.07) is 5.61. The van der Waals surface area contributed by atoms with Gasteiger partial charge in [-0.15, -0.1) is 5.10 Å². The second-order valence-corrected chi connectivity index (χ2v) is 4.05. The van der Waals surface area contributed by atoms with Crippen LogP contribution in [0.5, 0.6) is 5.75 Å². The van der Waals surface area contributed by atoms with Crippen LogP contribution in [0.4, 0.5) is 0 Å². The molecule has 1 aromatic carbocycles. The summed E-state index contributed by atoms with van der Waals surface area (Å²) < 4.78 is 6.72. The van der Waals surface area contributed by atoms with Crippen LogP contribution in [0.1, 0.15) is 12.0 Å². The number of carboxylic acids is 1. The molecule has 0 spiro atoms. The molecule has 0 bridgehead atoms. The maximum atomic E-state index is 10.6. The number of rotatable bonds is 5. The monoisotopic (exact) mass is 262 g/mol. The molecule has 1 N–H and O–H groups in total. The van der Waals surface area contributed by atoms with Gasteiger partial charge in [-0.1, -0.05) is 12.1 Å². The smallest absolute Gasteiger partial charge is 0.305 e. The molecule has 2 rings (SSSR count). The van der Waals surface area contributed by atoms with Crippen LogP contribution in [-0.2, 0) is 11.3 Å². The third-order valence-electron chi connectivity index (χ3n) is 2.74. The number of aliphatic carboxylic acids is 1. The molecule has 1 aromatic heterocycles. The minimum atomic E-state index is -0.886. The molecule has 0 saturated carbocycles. The lowest BCUT2D eigenvalue weighted by atomic mass is 10.1. The van der Waals surface area contributed by atoms with Crippen LogP contribution >= 0.6 is 0 Å². The summed E-state index contributed by atoms with van der Waals surface area (Å²) in [5.74, 6) is 0.382. The maximum absolute atomic E-state index is 10.6. The van der Waals surface area contributed by atoms with E-state index in [0.29, 0.717) is 5.82 Å². The van der Waals surface area contributed by atoms with Crippen LogP contribution < -0.4 is 4.74 Å². The number of tetrazole rings is 1.